The van der Waals surface area contributed by atoms with Crippen LogP contribution in [0.4, 0.5) is 0 Å². The molecule has 2 heteroatoms. The Morgan fingerprint density at radius 3 is 2.60 bits per heavy atom. The topological polar surface area (TPSA) is 12.0 Å². The lowest BCUT2D eigenvalue weighted by atomic mass is 9.73. The Bertz CT molecular complexity index is 407. The Morgan fingerprint density at radius 2 is 2.00 bits per heavy atom. The van der Waals surface area contributed by atoms with Crippen LogP contribution in [0.25, 0.3) is 0 Å². The van der Waals surface area contributed by atoms with Gasteiger partial charge in [-0.2, -0.15) is 0 Å². The molecule has 0 aliphatic heterocycles. The van der Waals surface area contributed by atoms with E-state index >= 15 is 0 Å². The fourth-order valence-electron chi connectivity index (χ4n) is 3.97. The number of nitrogens with one attached hydrogen (secondary N) is 1. The highest BCUT2D eigenvalue weighted by atomic mass is 32.1. The molecule has 0 amide bonds. The molecule has 1 aromatic rings. The van der Waals surface area contributed by atoms with Crippen LogP contribution >= 0.6 is 11.3 Å². The zero-order valence-electron chi connectivity index (χ0n) is 13.1. The molecule has 4 atom stereocenters. The quantitative estimate of drug-likeness (QED) is 0.781. The zero-order chi connectivity index (χ0) is 14.1. The summed E-state index contributed by atoms with van der Waals surface area (Å²) < 4.78 is 0. The molecule has 0 radical (unpaired) electrons. The molecule has 1 N–H and O–H groups in total. The van der Waals surface area contributed by atoms with Crippen LogP contribution in [0.5, 0.6) is 0 Å². The molecule has 2 fully saturated rings. The molecule has 1 nitrogen and oxygen atoms in total. The Kier molecular flexibility index (Phi) is 4.52. The zero-order valence-corrected chi connectivity index (χ0v) is 14.0. The fraction of sp³-hybridized carbons (Fsp3) is 0.778. The number of thiophene rings is 1. The first-order valence-electron chi connectivity index (χ1n) is 8.44. The van der Waals surface area contributed by atoms with Crippen LogP contribution in [-0.4, -0.2) is 6.04 Å². The second kappa shape index (κ2) is 6.19. The van der Waals surface area contributed by atoms with Crippen LogP contribution < -0.4 is 5.32 Å². The van der Waals surface area contributed by atoms with Crippen LogP contribution in [0.3, 0.4) is 0 Å². The molecular weight excluding hydrogens is 262 g/mol. The highest BCUT2D eigenvalue weighted by Gasteiger charge is 2.38. The molecule has 2 aliphatic rings. The van der Waals surface area contributed by atoms with E-state index in [1.807, 2.05) is 11.3 Å². The Hall–Kier alpha value is -0.340. The first-order chi connectivity index (χ1) is 9.65. The average Bonchev–Trinajstić information content (AvgIpc) is 3.10. The SMILES string of the molecule is CC1CCC(C(C)C)C(NC(c2cccs2)C2CC2)C1. The summed E-state index contributed by atoms with van der Waals surface area (Å²) in [6.45, 7) is 7.25. The van der Waals surface area contributed by atoms with Crippen molar-refractivity contribution in [2.24, 2.45) is 23.7 Å². The highest BCUT2D eigenvalue weighted by Crippen LogP contribution is 2.44. The maximum Gasteiger partial charge on any atom is 0.0445 e. The Labute approximate surface area is 128 Å². The molecule has 3 rings (SSSR count). The lowest BCUT2D eigenvalue weighted by Crippen LogP contribution is -2.44. The third-order valence-electron chi connectivity index (χ3n) is 5.36. The van der Waals surface area contributed by atoms with Gasteiger partial charge < -0.3 is 5.32 Å². The van der Waals surface area contributed by atoms with Crippen molar-refractivity contribution in [1.82, 2.24) is 5.32 Å². The van der Waals surface area contributed by atoms with Gasteiger partial charge in [-0.25, -0.2) is 0 Å². The lowest BCUT2D eigenvalue weighted by Gasteiger charge is -2.40. The van der Waals surface area contributed by atoms with E-state index in [1.165, 1.54) is 32.1 Å². The second-order valence-electron chi connectivity index (χ2n) is 7.43. The first-order valence-corrected chi connectivity index (χ1v) is 9.32. The van der Waals surface area contributed by atoms with Crippen molar-refractivity contribution in [3.8, 4) is 0 Å². The van der Waals surface area contributed by atoms with E-state index < -0.39 is 0 Å². The van der Waals surface area contributed by atoms with Gasteiger partial charge in [0.2, 0.25) is 0 Å². The Balaban J connectivity index is 1.72. The van der Waals surface area contributed by atoms with Gasteiger partial charge in [0.05, 0.1) is 0 Å². The van der Waals surface area contributed by atoms with Crippen molar-refractivity contribution in [1.29, 1.82) is 0 Å². The predicted octanol–water partition coefficient (Wildman–Crippen LogP) is 5.25. The van der Waals surface area contributed by atoms with Gasteiger partial charge in [-0.05, 0) is 60.8 Å². The van der Waals surface area contributed by atoms with Crippen molar-refractivity contribution in [2.45, 2.75) is 65.0 Å². The van der Waals surface area contributed by atoms with E-state index in [4.69, 9.17) is 0 Å². The largest absolute Gasteiger partial charge is 0.306 e. The summed E-state index contributed by atoms with van der Waals surface area (Å²) in [5.74, 6) is 3.47. The minimum absolute atomic E-state index is 0.631. The first kappa shape index (κ1) is 14.6. The van der Waals surface area contributed by atoms with E-state index in [-0.39, 0.29) is 0 Å². The molecule has 1 heterocycles. The normalized spacial score (nSPS) is 32.5. The lowest BCUT2D eigenvalue weighted by molar-refractivity contribution is 0.155. The highest BCUT2D eigenvalue weighted by molar-refractivity contribution is 7.10. The third kappa shape index (κ3) is 3.28. The van der Waals surface area contributed by atoms with Gasteiger partial charge in [-0.1, -0.05) is 33.3 Å². The summed E-state index contributed by atoms with van der Waals surface area (Å²) in [5, 5.41) is 6.32. The van der Waals surface area contributed by atoms with Crippen molar-refractivity contribution >= 4 is 11.3 Å². The predicted molar refractivity (Wildman–Crippen MR) is 88.1 cm³/mol. The van der Waals surface area contributed by atoms with Crippen LogP contribution in [0, 0.1) is 23.7 Å². The molecule has 4 unspecified atom stereocenters. The third-order valence-corrected chi connectivity index (χ3v) is 6.31. The van der Waals surface area contributed by atoms with Gasteiger partial charge >= 0.3 is 0 Å². The molecular formula is C18H29NS. The number of rotatable bonds is 5. The van der Waals surface area contributed by atoms with Gasteiger partial charge in [0.25, 0.3) is 0 Å². The van der Waals surface area contributed by atoms with E-state index in [0.717, 1.165) is 29.7 Å². The van der Waals surface area contributed by atoms with Gasteiger partial charge in [-0.3, -0.25) is 0 Å². The molecule has 2 aliphatic carbocycles. The second-order valence-corrected chi connectivity index (χ2v) is 8.41. The van der Waals surface area contributed by atoms with Crippen LogP contribution in [0.2, 0.25) is 0 Å². The minimum Gasteiger partial charge on any atom is -0.306 e. The van der Waals surface area contributed by atoms with Crippen LogP contribution in [0.1, 0.15) is 63.8 Å². The summed E-state index contributed by atoms with van der Waals surface area (Å²) in [7, 11) is 0. The standard InChI is InChI=1S/C18H29NS/c1-12(2)15-9-6-13(3)11-16(15)19-18(14-7-8-14)17-5-4-10-20-17/h4-5,10,12-16,18-19H,6-9,11H2,1-3H3. The van der Waals surface area contributed by atoms with Gasteiger partial charge in [-0.15, -0.1) is 11.3 Å². The molecule has 0 bridgehead atoms. The molecule has 0 spiro atoms. The maximum absolute atomic E-state index is 4.09. The monoisotopic (exact) mass is 291 g/mol. The molecule has 112 valence electrons. The number of hydrogen-bond donors (Lipinski definition) is 1. The van der Waals surface area contributed by atoms with Crippen molar-refractivity contribution in [3.05, 3.63) is 22.4 Å². The molecule has 1 aromatic heterocycles. The average molecular weight is 292 g/mol. The van der Waals surface area contributed by atoms with E-state index in [9.17, 15) is 0 Å². The van der Waals surface area contributed by atoms with Gasteiger partial charge in [0, 0.05) is 17.0 Å². The minimum atomic E-state index is 0.631. The van der Waals surface area contributed by atoms with Crippen molar-refractivity contribution < 1.29 is 0 Å². The number of hydrogen-bond acceptors (Lipinski definition) is 2. The van der Waals surface area contributed by atoms with Crippen molar-refractivity contribution in [2.75, 3.05) is 0 Å². The van der Waals surface area contributed by atoms with Gasteiger partial charge in [0.1, 0.15) is 0 Å². The summed E-state index contributed by atoms with van der Waals surface area (Å²) >= 11 is 1.94. The summed E-state index contributed by atoms with van der Waals surface area (Å²) in [5.41, 5.74) is 0. The van der Waals surface area contributed by atoms with E-state index in [2.05, 4.69) is 43.6 Å². The fourth-order valence-corrected chi connectivity index (χ4v) is 4.85. The van der Waals surface area contributed by atoms with Gasteiger partial charge in [0.15, 0.2) is 0 Å². The maximum atomic E-state index is 4.09. The van der Waals surface area contributed by atoms with Crippen LogP contribution in [0.15, 0.2) is 17.5 Å². The summed E-state index contributed by atoms with van der Waals surface area (Å²) in [6, 6.07) is 5.90. The van der Waals surface area contributed by atoms with Crippen molar-refractivity contribution in [3.63, 3.8) is 0 Å². The Morgan fingerprint density at radius 1 is 1.20 bits per heavy atom. The van der Waals surface area contributed by atoms with E-state index in [1.54, 1.807) is 4.88 Å². The molecule has 0 aromatic carbocycles. The van der Waals surface area contributed by atoms with Crippen LogP contribution in [-0.2, 0) is 0 Å². The molecule has 2 saturated carbocycles. The smallest absolute Gasteiger partial charge is 0.0445 e. The summed E-state index contributed by atoms with van der Waals surface area (Å²) in [6.07, 6.45) is 7.05. The molecule has 20 heavy (non-hydrogen) atoms. The summed E-state index contributed by atoms with van der Waals surface area (Å²) in [4.78, 5) is 1.56. The molecule has 0 saturated heterocycles. The van der Waals surface area contributed by atoms with E-state index in [0.29, 0.717) is 6.04 Å².